The van der Waals surface area contributed by atoms with Gasteiger partial charge >= 0.3 is 0 Å². The fourth-order valence-electron chi connectivity index (χ4n) is 3.56. The summed E-state index contributed by atoms with van der Waals surface area (Å²) in [5, 5.41) is 10.3. The van der Waals surface area contributed by atoms with Crippen molar-refractivity contribution in [1.29, 1.82) is 0 Å². The van der Waals surface area contributed by atoms with Crippen molar-refractivity contribution >= 4 is 0 Å². The van der Waals surface area contributed by atoms with Crippen molar-refractivity contribution in [3.63, 3.8) is 0 Å². The van der Waals surface area contributed by atoms with Gasteiger partial charge in [0.2, 0.25) is 0 Å². The van der Waals surface area contributed by atoms with Crippen LogP contribution in [0.15, 0.2) is 30.3 Å². The lowest BCUT2D eigenvalue weighted by atomic mass is 9.90. The van der Waals surface area contributed by atoms with Crippen LogP contribution in [0.3, 0.4) is 0 Å². The molecule has 3 rings (SSSR count). The van der Waals surface area contributed by atoms with Gasteiger partial charge in [-0.2, -0.15) is 0 Å². The van der Waals surface area contributed by atoms with Crippen LogP contribution in [0, 0.1) is 5.92 Å². The lowest BCUT2D eigenvalue weighted by molar-refractivity contribution is 0.133. The largest absolute Gasteiger partial charge is 0.388 e. The van der Waals surface area contributed by atoms with E-state index in [1.807, 2.05) is 30.3 Å². The molecule has 0 bridgehead atoms. The first-order chi connectivity index (χ1) is 8.34. The summed E-state index contributed by atoms with van der Waals surface area (Å²) in [6.45, 7) is 2.53. The number of fused-ring (bicyclic) bond motifs is 1. The van der Waals surface area contributed by atoms with E-state index in [0.717, 1.165) is 18.0 Å². The number of nitrogens with zero attached hydrogens (tertiary/aromatic N) is 1. The molecule has 2 nitrogen and oxygen atoms in total. The van der Waals surface area contributed by atoms with E-state index in [0.29, 0.717) is 5.92 Å². The van der Waals surface area contributed by atoms with Crippen molar-refractivity contribution in [2.24, 2.45) is 5.92 Å². The summed E-state index contributed by atoms with van der Waals surface area (Å²) in [5.74, 6) is 0.702. The van der Waals surface area contributed by atoms with Gasteiger partial charge < -0.3 is 10.0 Å². The molecule has 2 saturated heterocycles. The Hall–Kier alpha value is -0.860. The second kappa shape index (κ2) is 4.79. The first-order valence-electron chi connectivity index (χ1n) is 6.81. The monoisotopic (exact) mass is 231 g/mol. The zero-order valence-electron chi connectivity index (χ0n) is 10.3. The van der Waals surface area contributed by atoms with Crippen LogP contribution in [0.5, 0.6) is 0 Å². The summed E-state index contributed by atoms with van der Waals surface area (Å²) in [7, 11) is 0. The number of benzene rings is 1. The van der Waals surface area contributed by atoms with E-state index in [1.54, 1.807) is 0 Å². The van der Waals surface area contributed by atoms with Crippen LogP contribution in [0.25, 0.3) is 0 Å². The minimum atomic E-state index is -0.276. The minimum Gasteiger partial charge on any atom is -0.388 e. The number of hydrogen-bond donors (Lipinski definition) is 1. The van der Waals surface area contributed by atoms with E-state index in [9.17, 15) is 5.11 Å². The molecule has 0 aromatic heterocycles. The van der Waals surface area contributed by atoms with Crippen LogP contribution < -0.4 is 0 Å². The van der Waals surface area contributed by atoms with E-state index in [1.165, 1.54) is 32.4 Å². The van der Waals surface area contributed by atoms with E-state index < -0.39 is 0 Å². The second-order valence-corrected chi connectivity index (χ2v) is 5.46. The topological polar surface area (TPSA) is 23.5 Å². The number of aliphatic hydroxyl groups is 1. The molecular formula is C15H21NO. The lowest BCUT2D eigenvalue weighted by Crippen LogP contribution is -2.26. The Kier molecular flexibility index (Phi) is 3.17. The summed E-state index contributed by atoms with van der Waals surface area (Å²) >= 11 is 0. The standard InChI is InChI=1S/C15H21NO/c17-15(12-5-2-1-3-6-12)11-13-8-10-16-9-4-7-14(13)16/h1-3,5-6,13-15,17H,4,7-11H2/t13-,14-,15?/m1/s1. The third kappa shape index (κ3) is 2.24. The SMILES string of the molecule is OC(C[C@H]1CCN2CCC[C@H]12)c1ccccc1. The highest BCUT2D eigenvalue weighted by Crippen LogP contribution is 2.37. The summed E-state index contributed by atoms with van der Waals surface area (Å²) in [6.07, 6.45) is 4.62. The maximum absolute atomic E-state index is 10.3. The van der Waals surface area contributed by atoms with E-state index >= 15 is 0 Å². The van der Waals surface area contributed by atoms with Gasteiger partial charge in [-0.1, -0.05) is 30.3 Å². The van der Waals surface area contributed by atoms with Gasteiger partial charge in [0.25, 0.3) is 0 Å². The van der Waals surface area contributed by atoms with Gasteiger partial charge in [0, 0.05) is 6.04 Å². The molecule has 2 heterocycles. The molecule has 1 aromatic rings. The Morgan fingerprint density at radius 2 is 2.00 bits per heavy atom. The van der Waals surface area contributed by atoms with Gasteiger partial charge in [0.1, 0.15) is 0 Å². The number of hydrogen-bond acceptors (Lipinski definition) is 2. The van der Waals surface area contributed by atoms with Gasteiger partial charge in [-0.25, -0.2) is 0 Å². The first-order valence-corrected chi connectivity index (χ1v) is 6.81. The molecular weight excluding hydrogens is 210 g/mol. The first kappa shape index (κ1) is 11.2. The zero-order chi connectivity index (χ0) is 11.7. The summed E-state index contributed by atoms with van der Waals surface area (Å²) in [4.78, 5) is 2.61. The molecule has 1 aromatic carbocycles. The fourth-order valence-corrected chi connectivity index (χ4v) is 3.56. The Balaban J connectivity index is 1.64. The maximum atomic E-state index is 10.3. The van der Waals surface area contributed by atoms with Crippen LogP contribution in [-0.2, 0) is 0 Å². The summed E-state index contributed by atoms with van der Waals surface area (Å²) in [6, 6.07) is 10.8. The third-order valence-electron chi connectivity index (χ3n) is 4.46. The minimum absolute atomic E-state index is 0.276. The van der Waals surface area contributed by atoms with Crippen molar-refractivity contribution in [2.75, 3.05) is 13.1 Å². The van der Waals surface area contributed by atoms with Crippen LogP contribution in [-0.4, -0.2) is 29.1 Å². The molecule has 0 saturated carbocycles. The van der Waals surface area contributed by atoms with Crippen LogP contribution in [0.2, 0.25) is 0 Å². The van der Waals surface area contributed by atoms with Gasteiger partial charge in [0.15, 0.2) is 0 Å². The van der Waals surface area contributed by atoms with E-state index in [4.69, 9.17) is 0 Å². The Morgan fingerprint density at radius 1 is 1.18 bits per heavy atom. The Bertz CT molecular complexity index is 364. The molecule has 1 N–H and O–H groups in total. The highest BCUT2D eigenvalue weighted by atomic mass is 16.3. The van der Waals surface area contributed by atoms with E-state index in [-0.39, 0.29) is 6.10 Å². The molecule has 2 heteroatoms. The third-order valence-corrected chi connectivity index (χ3v) is 4.46. The van der Waals surface area contributed by atoms with Gasteiger partial charge in [0.05, 0.1) is 6.10 Å². The lowest BCUT2D eigenvalue weighted by Gasteiger charge is -2.22. The average Bonchev–Trinajstić information content (AvgIpc) is 2.95. The fraction of sp³-hybridized carbons (Fsp3) is 0.600. The molecule has 0 radical (unpaired) electrons. The highest BCUT2D eigenvalue weighted by Gasteiger charge is 2.37. The van der Waals surface area contributed by atoms with Crippen LogP contribution >= 0.6 is 0 Å². The molecule has 3 atom stereocenters. The van der Waals surface area contributed by atoms with Crippen molar-refractivity contribution in [3.05, 3.63) is 35.9 Å². The second-order valence-electron chi connectivity index (χ2n) is 5.46. The summed E-state index contributed by atoms with van der Waals surface area (Å²) in [5.41, 5.74) is 1.07. The zero-order valence-corrected chi connectivity index (χ0v) is 10.3. The van der Waals surface area contributed by atoms with Gasteiger partial charge in [-0.15, -0.1) is 0 Å². The van der Waals surface area contributed by atoms with Crippen LogP contribution in [0.1, 0.15) is 37.4 Å². The Labute approximate surface area is 103 Å². The maximum Gasteiger partial charge on any atom is 0.0793 e. The quantitative estimate of drug-likeness (QED) is 0.864. The molecule has 92 valence electrons. The Morgan fingerprint density at radius 3 is 2.82 bits per heavy atom. The van der Waals surface area contributed by atoms with Crippen molar-refractivity contribution in [2.45, 2.75) is 37.8 Å². The molecule has 0 amide bonds. The number of aliphatic hydroxyl groups excluding tert-OH is 1. The van der Waals surface area contributed by atoms with Crippen molar-refractivity contribution in [3.8, 4) is 0 Å². The number of rotatable bonds is 3. The van der Waals surface area contributed by atoms with Crippen LogP contribution in [0.4, 0.5) is 0 Å². The summed E-state index contributed by atoms with van der Waals surface area (Å²) < 4.78 is 0. The normalized spacial score (nSPS) is 30.4. The average molecular weight is 231 g/mol. The van der Waals surface area contributed by atoms with Crippen molar-refractivity contribution in [1.82, 2.24) is 4.90 Å². The molecule has 17 heavy (non-hydrogen) atoms. The predicted octanol–water partition coefficient (Wildman–Crippen LogP) is 2.59. The predicted molar refractivity (Wildman–Crippen MR) is 68.7 cm³/mol. The smallest absolute Gasteiger partial charge is 0.0793 e. The highest BCUT2D eigenvalue weighted by molar-refractivity contribution is 5.17. The molecule has 1 unspecified atom stereocenters. The molecule has 2 aliphatic heterocycles. The van der Waals surface area contributed by atoms with E-state index in [2.05, 4.69) is 4.90 Å². The molecule has 0 spiro atoms. The van der Waals surface area contributed by atoms with Gasteiger partial charge in [-0.3, -0.25) is 0 Å². The molecule has 0 aliphatic carbocycles. The molecule has 2 aliphatic rings. The van der Waals surface area contributed by atoms with Crippen molar-refractivity contribution < 1.29 is 5.11 Å². The molecule has 2 fully saturated rings. The van der Waals surface area contributed by atoms with Gasteiger partial charge in [-0.05, 0) is 50.3 Å².